The van der Waals surface area contributed by atoms with E-state index in [1.54, 1.807) is 0 Å². The first kappa shape index (κ1) is 26.2. The van der Waals surface area contributed by atoms with Crippen LogP contribution in [0.3, 0.4) is 0 Å². The van der Waals surface area contributed by atoms with E-state index >= 15 is 0 Å². The third-order valence-electron chi connectivity index (χ3n) is 9.36. The molecule has 1 aliphatic rings. The van der Waals surface area contributed by atoms with E-state index in [0.29, 0.717) is 5.92 Å². The molecule has 0 spiro atoms. The highest BCUT2D eigenvalue weighted by Crippen LogP contribution is 2.47. The number of nitrogens with zero attached hydrogens (tertiary/aromatic N) is 2. The smallest absolute Gasteiger partial charge is 0.198 e. The van der Waals surface area contributed by atoms with Crippen molar-refractivity contribution in [2.75, 3.05) is 0 Å². The predicted octanol–water partition coefficient (Wildman–Crippen LogP) is 8.58. The van der Waals surface area contributed by atoms with Crippen LogP contribution in [0.15, 0.2) is 116 Å². The number of hydrogen-bond acceptors (Lipinski definition) is 0. The first-order valence-electron chi connectivity index (χ1n) is 14.8. The molecule has 0 aliphatic carbocycles. The van der Waals surface area contributed by atoms with Crippen LogP contribution in [0.1, 0.15) is 55.7 Å². The fraction of sp³-hybridized carbons (Fsp3) is 0.263. The van der Waals surface area contributed by atoms with Gasteiger partial charge in [-0.05, 0) is 54.3 Å². The third kappa shape index (κ3) is 4.36. The number of pyridine rings is 2. The van der Waals surface area contributed by atoms with E-state index < -0.39 is 0 Å². The summed E-state index contributed by atoms with van der Waals surface area (Å²) in [7, 11) is 0. The van der Waals surface area contributed by atoms with Crippen LogP contribution >= 0.6 is 0 Å². The summed E-state index contributed by atoms with van der Waals surface area (Å²) in [5, 5.41) is 0. The highest BCUT2D eigenvalue weighted by atomic mass is 15.1. The Kier molecular flexibility index (Phi) is 7.11. The molecule has 6 rings (SSSR count). The van der Waals surface area contributed by atoms with Gasteiger partial charge < -0.3 is 0 Å². The van der Waals surface area contributed by atoms with Gasteiger partial charge in [0, 0.05) is 48.6 Å². The molecule has 1 unspecified atom stereocenters. The highest BCUT2D eigenvalue weighted by molar-refractivity contribution is 5.70. The molecule has 2 nitrogen and oxygen atoms in total. The second-order valence-corrected chi connectivity index (χ2v) is 11.3. The summed E-state index contributed by atoms with van der Waals surface area (Å²) in [6.07, 6.45) is 7.92. The van der Waals surface area contributed by atoms with Gasteiger partial charge in [0.2, 0.25) is 11.4 Å². The van der Waals surface area contributed by atoms with E-state index in [4.69, 9.17) is 0 Å². The minimum atomic E-state index is 0.0447. The number of fused-ring (bicyclic) bond motifs is 3. The van der Waals surface area contributed by atoms with E-state index in [1.807, 2.05) is 0 Å². The minimum absolute atomic E-state index is 0.0447. The zero-order valence-electron chi connectivity index (χ0n) is 24.3. The van der Waals surface area contributed by atoms with Gasteiger partial charge in [0.05, 0.1) is 11.5 Å². The molecule has 3 aromatic carbocycles. The van der Waals surface area contributed by atoms with Gasteiger partial charge in [-0.2, -0.15) is 9.13 Å². The molecule has 200 valence electrons. The van der Waals surface area contributed by atoms with E-state index in [0.717, 1.165) is 25.8 Å². The van der Waals surface area contributed by atoms with Crippen LogP contribution in [0, 0.1) is 13.8 Å². The van der Waals surface area contributed by atoms with Crippen molar-refractivity contribution in [2.24, 2.45) is 0 Å². The van der Waals surface area contributed by atoms with E-state index in [-0.39, 0.29) is 5.54 Å². The summed E-state index contributed by atoms with van der Waals surface area (Å²) in [5.74, 6) is 0.420. The van der Waals surface area contributed by atoms with Crippen molar-refractivity contribution >= 4 is 0 Å². The Morgan fingerprint density at radius 3 is 2.08 bits per heavy atom. The summed E-state index contributed by atoms with van der Waals surface area (Å²) in [6, 6.07) is 37.8. The molecule has 0 amide bonds. The Balaban J connectivity index is 1.45. The largest absolute Gasteiger partial charge is 0.216 e. The summed E-state index contributed by atoms with van der Waals surface area (Å²) in [6.45, 7) is 10.2. The van der Waals surface area contributed by atoms with Crippen LogP contribution in [0.25, 0.3) is 33.6 Å². The first-order chi connectivity index (χ1) is 19.6. The number of aryl methyl sites for hydroxylation is 3. The van der Waals surface area contributed by atoms with E-state index in [2.05, 4.69) is 152 Å². The van der Waals surface area contributed by atoms with Crippen molar-refractivity contribution in [1.82, 2.24) is 0 Å². The summed E-state index contributed by atoms with van der Waals surface area (Å²) >= 11 is 0. The Bertz CT molecular complexity index is 1650. The SMILES string of the molecule is CCC1(CC)C(CC[n+]2ccc(-c3ccccc3)cc2-c2ccccc2C)c2ccccc2-c2c(C)ccc[n+]21. The predicted molar refractivity (Wildman–Crippen MR) is 165 cm³/mol. The Labute approximate surface area is 239 Å². The van der Waals surface area contributed by atoms with Crippen molar-refractivity contribution < 1.29 is 9.13 Å². The van der Waals surface area contributed by atoms with Crippen molar-refractivity contribution in [3.05, 3.63) is 132 Å². The van der Waals surface area contributed by atoms with Crippen LogP contribution < -0.4 is 9.13 Å². The summed E-state index contributed by atoms with van der Waals surface area (Å²) < 4.78 is 5.12. The van der Waals surface area contributed by atoms with Crippen LogP contribution in [0.4, 0.5) is 0 Å². The molecule has 0 fully saturated rings. The Hall–Kier alpha value is -4.04. The van der Waals surface area contributed by atoms with Crippen LogP contribution in [0.5, 0.6) is 0 Å². The molecule has 1 aliphatic heterocycles. The lowest BCUT2D eigenvalue weighted by atomic mass is 9.68. The highest BCUT2D eigenvalue weighted by Gasteiger charge is 2.51. The summed E-state index contributed by atoms with van der Waals surface area (Å²) in [5.41, 5.74) is 12.1. The molecule has 0 radical (unpaired) electrons. The molecule has 0 saturated heterocycles. The van der Waals surface area contributed by atoms with Gasteiger partial charge >= 0.3 is 0 Å². The average Bonchev–Trinajstić information content (AvgIpc) is 3.00. The maximum atomic E-state index is 2.63. The second-order valence-electron chi connectivity index (χ2n) is 11.3. The standard InChI is InChI=1S/C38H40N2/c1-5-38(6-2)35(33-20-12-13-21-34(33)37-29(4)16-14-24-40(37)38)23-26-39-25-22-31(30-17-8-7-9-18-30)27-36(39)32-19-11-10-15-28(32)3/h7-22,24-25,27,35H,5-6,23,26H2,1-4H3/q+2. The zero-order valence-corrected chi connectivity index (χ0v) is 24.3. The van der Waals surface area contributed by atoms with Gasteiger partial charge in [-0.3, -0.25) is 0 Å². The molecule has 3 heterocycles. The summed E-state index contributed by atoms with van der Waals surface area (Å²) in [4.78, 5) is 0. The third-order valence-corrected chi connectivity index (χ3v) is 9.36. The Morgan fingerprint density at radius 1 is 0.650 bits per heavy atom. The van der Waals surface area contributed by atoms with Crippen LogP contribution in [-0.2, 0) is 12.1 Å². The molecular formula is C38H40N2+2. The van der Waals surface area contributed by atoms with Gasteiger partial charge in [0.25, 0.3) is 0 Å². The lowest BCUT2D eigenvalue weighted by Crippen LogP contribution is -2.62. The fourth-order valence-electron chi connectivity index (χ4n) is 7.21. The molecule has 0 N–H and O–H groups in total. The van der Waals surface area contributed by atoms with Gasteiger partial charge in [0.15, 0.2) is 17.9 Å². The molecule has 0 bridgehead atoms. The first-order valence-corrected chi connectivity index (χ1v) is 14.8. The lowest BCUT2D eigenvalue weighted by molar-refractivity contribution is -0.765. The van der Waals surface area contributed by atoms with Crippen molar-refractivity contribution in [2.45, 2.75) is 65.0 Å². The Morgan fingerprint density at radius 2 is 1.32 bits per heavy atom. The van der Waals surface area contributed by atoms with Crippen LogP contribution in [0.2, 0.25) is 0 Å². The normalized spacial score (nSPS) is 15.3. The molecular weight excluding hydrogens is 484 g/mol. The van der Waals surface area contributed by atoms with Gasteiger partial charge in [-0.1, -0.05) is 80.6 Å². The fourth-order valence-corrected chi connectivity index (χ4v) is 7.21. The second kappa shape index (κ2) is 10.8. The van der Waals surface area contributed by atoms with Crippen molar-refractivity contribution in [1.29, 1.82) is 0 Å². The zero-order chi connectivity index (χ0) is 27.7. The maximum absolute atomic E-state index is 2.63. The van der Waals surface area contributed by atoms with Gasteiger partial charge in [-0.25, -0.2) is 0 Å². The molecule has 40 heavy (non-hydrogen) atoms. The molecule has 2 heteroatoms. The average molecular weight is 525 g/mol. The van der Waals surface area contributed by atoms with Gasteiger partial charge in [-0.15, -0.1) is 0 Å². The van der Waals surface area contributed by atoms with E-state index in [9.17, 15) is 0 Å². The molecule has 0 saturated carbocycles. The minimum Gasteiger partial charge on any atom is -0.198 e. The van der Waals surface area contributed by atoms with Gasteiger partial charge in [0.1, 0.15) is 6.54 Å². The maximum Gasteiger partial charge on any atom is 0.216 e. The van der Waals surface area contributed by atoms with E-state index in [1.165, 1.54) is 50.3 Å². The molecule has 1 atom stereocenters. The molecule has 2 aromatic heterocycles. The molecule has 5 aromatic rings. The van der Waals surface area contributed by atoms with Crippen molar-refractivity contribution in [3.63, 3.8) is 0 Å². The number of aromatic nitrogens is 2. The monoisotopic (exact) mass is 524 g/mol. The quantitative estimate of drug-likeness (QED) is 0.188. The number of rotatable bonds is 7. The van der Waals surface area contributed by atoms with Crippen molar-refractivity contribution in [3.8, 4) is 33.6 Å². The lowest BCUT2D eigenvalue weighted by Gasteiger charge is -2.40. The number of hydrogen-bond donors (Lipinski definition) is 0. The topological polar surface area (TPSA) is 7.76 Å². The number of benzene rings is 3. The van der Waals surface area contributed by atoms with Crippen LogP contribution in [-0.4, -0.2) is 0 Å².